The van der Waals surface area contributed by atoms with E-state index in [0.29, 0.717) is 11.1 Å². The van der Waals surface area contributed by atoms with Crippen LogP contribution < -0.4 is 5.32 Å². The summed E-state index contributed by atoms with van der Waals surface area (Å²) in [5.74, 6) is 0. The van der Waals surface area contributed by atoms with E-state index in [4.69, 9.17) is 11.6 Å². The molecule has 1 fully saturated rings. The summed E-state index contributed by atoms with van der Waals surface area (Å²) < 4.78 is 0. The SMILES string of the molecule is CNCC1CCCN1Cc1ccc([N+](=O)[O-])cc1Cl.Cl. The Kier molecular flexibility index (Phi) is 6.68. The Morgan fingerprint density at radius 3 is 2.90 bits per heavy atom. The second-order valence-electron chi connectivity index (χ2n) is 4.86. The van der Waals surface area contributed by atoms with Gasteiger partial charge in [0.25, 0.3) is 5.69 Å². The molecule has 1 aliphatic rings. The summed E-state index contributed by atoms with van der Waals surface area (Å²) >= 11 is 6.13. The van der Waals surface area contributed by atoms with Crippen molar-refractivity contribution < 1.29 is 4.92 Å². The number of likely N-dealkylation sites (tertiary alicyclic amines) is 1. The van der Waals surface area contributed by atoms with Crippen molar-refractivity contribution in [2.75, 3.05) is 20.1 Å². The van der Waals surface area contributed by atoms with Crippen LogP contribution in [0.4, 0.5) is 5.69 Å². The summed E-state index contributed by atoms with van der Waals surface area (Å²) in [6.07, 6.45) is 2.38. The molecular weight excluding hydrogens is 301 g/mol. The van der Waals surface area contributed by atoms with E-state index in [0.717, 1.165) is 25.2 Å². The van der Waals surface area contributed by atoms with Crippen molar-refractivity contribution in [3.05, 3.63) is 38.9 Å². The number of hydrogen-bond donors (Lipinski definition) is 1. The zero-order chi connectivity index (χ0) is 13.8. The zero-order valence-electron chi connectivity index (χ0n) is 11.3. The van der Waals surface area contributed by atoms with Gasteiger partial charge in [-0.05, 0) is 38.1 Å². The van der Waals surface area contributed by atoms with Gasteiger partial charge in [-0.15, -0.1) is 12.4 Å². The van der Waals surface area contributed by atoms with Crippen LogP contribution in [0.25, 0.3) is 0 Å². The molecule has 112 valence electrons. The molecule has 0 amide bonds. The fraction of sp³-hybridized carbons (Fsp3) is 0.538. The van der Waals surface area contributed by atoms with Crippen molar-refractivity contribution in [1.29, 1.82) is 0 Å². The largest absolute Gasteiger partial charge is 0.318 e. The Morgan fingerprint density at radius 1 is 1.55 bits per heavy atom. The summed E-state index contributed by atoms with van der Waals surface area (Å²) in [5.41, 5.74) is 0.997. The minimum atomic E-state index is -0.421. The Bertz CT molecular complexity index is 471. The Hall–Kier alpha value is -0.880. The van der Waals surface area contributed by atoms with Gasteiger partial charge < -0.3 is 5.32 Å². The number of nitrogens with zero attached hydrogens (tertiary/aromatic N) is 2. The molecule has 20 heavy (non-hydrogen) atoms. The van der Waals surface area contributed by atoms with Crippen LogP contribution in [0.3, 0.4) is 0 Å². The first-order valence-electron chi connectivity index (χ1n) is 6.43. The smallest absolute Gasteiger partial charge is 0.270 e. The third kappa shape index (κ3) is 4.06. The van der Waals surface area contributed by atoms with E-state index >= 15 is 0 Å². The first-order valence-corrected chi connectivity index (χ1v) is 6.81. The molecular formula is C13H19Cl2N3O2. The number of likely N-dealkylation sites (N-methyl/N-ethyl adjacent to an activating group) is 1. The highest BCUT2D eigenvalue weighted by molar-refractivity contribution is 6.31. The number of non-ortho nitro benzene ring substituents is 1. The van der Waals surface area contributed by atoms with Gasteiger partial charge in [-0.25, -0.2) is 0 Å². The normalized spacial score (nSPS) is 18.8. The van der Waals surface area contributed by atoms with E-state index in [1.54, 1.807) is 6.07 Å². The van der Waals surface area contributed by atoms with Crippen LogP contribution in [0, 0.1) is 10.1 Å². The first kappa shape index (κ1) is 17.2. The van der Waals surface area contributed by atoms with Gasteiger partial charge in [0.1, 0.15) is 0 Å². The quantitative estimate of drug-likeness (QED) is 0.669. The second-order valence-corrected chi connectivity index (χ2v) is 5.26. The van der Waals surface area contributed by atoms with Crippen molar-refractivity contribution in [2.45, 2.75) is 25.4 Å². The van der Waals surface area contributed by atoms with Crippen LogP contribution in [0.15, 0.2) is 18.2 Å². The molecule has 0 aliphatic carbocycles. The lowest BCUT2D eigenvalue weighted by Crippen LogP contribution is -2.36. The first-order chi connectivity index (χ1) is 9.11. The molecule has 1 aromatic rings. The van der Waals surface area contributed by atoms with Crippen molar-refractivity contribution in [2.24, 2.45) is 0 Å². The molecule has 1 aliphatic heterocycles. The highest BCUT2D eigenvalue weighted by Crippen LogP contribution is 2.26. The average molecular weight is 320 g/mol. The van der Waals surface area contributed by atoms with Crippen LogP contribution in [-0.4, -0.2) is 36.0 Å². The van der Waals surface area contributed by atoms with Crippen molar-refractivity contribution in [1.82, 2.24) is 10.2 Å². The van der Waals surface area contributed by atoms with Gasteiger partial charge in [0.2, 0.25) is 0 Å². The average Bonchev–Trinajstić information content (AvgIpc) is 2.79. The summed E-state index contributed by atoms with van der Waals surface area (Å²) in [4.78, 5) is 12.6. The third-order valence-corrected chi connectivity index (χ3v) is 3.91. The lowest BCUT2D eigenvalue weighted by atomic mass is 10.1. The highest BCUT2D eigenvalue weighted by atomic mass is 35.5. The van der Waals surface area contributed by atoms with Crippen molar-refractivity contribution in [3.63, 3.8) is 0 Å². The molecule has 1 atom stereocenters. The molecule has 1 heterocycles. The van der Waals surface area contributed by atoms with Crippen LogP contribution in [0.2, 0.25) is 5.02 Å². The number of hydrogen-bond acceptors (Lipinski definition) is 4. The number of nitrogens with one attached hydrogen (secondary N) is 1. The number of nitro groups is 1. The maximum absolute atomic E-state index is 10.7. The van der Waals surface area contributed by atoms with Gasteiger partial charge in [0.15, 0.2) is 0 Å². The fourth-order valence-electron chi connectivity index (χ4n) is 2.57. The minimum Gasteiger partial charge on any atom is -0.318 e. The second kappa shape index (κ2) is 7.78. The minimum absolute atomic E-state index is 0. The molecule has 1 N–H and O–H groups in total. The molecule has 1 saturated heterocycles. The van der Waals surface area contributed by atoms with Crippen molar-refractivity contribution >= 4 is 29.7 Å². The Balaban J connectivity index is 0.00000200. The predicted molar refractivity (Wildman–Crippen MR) is 82.7 cm³/mol. The number of halogens is 2. The lowest BCUT2D eigenvalue weighted by molar-refractivity contribution is -0.384. The van der Waals surface area contributed by atoms with Crippen molar-refractivity contribution in [3.8, 4) is 0 Å². The summed E-state index contributed by atoms with van der Waals surface area (Å²) in [6, 6.07) is 5.23. The van der Waals surface area contributed by atoms with Gasteiger partial charge in [0, 0.05) is 31.3 Å². The molecule has 1 unspecified atom stereocenters. The predicted octanol–water partition coefficient (Wildman–Crippen LogP) is 2.85. The molecule has 0 saturated carbocycles. The fourth-order valence-corrected chi connectivity index (χ4v) is 2.80. The molecule has 0 aromatic heterocycles. The molecule has 1 aromatic carbocycles. The van der Waals surface area contributed by atoms with Gasteiger partial charge in [-0.3, -0.25) is 15.0 Å². The van der Waals surface area contributed by atoms with Gasteiger partial charge >= 0.3 is 0 Å². The summed E-state index contributed by atoms with van der Waals surface area (Å²) in [5, 5.41) is 14.4. The van der Waals surface area contributed by atoms with E-state index in [1.165, 1.54) is 25.0 Å². The molecule has 0 radical (unpaired) electrons. The zero-order valence-corrected chi connectivity index (χ0v) is 12.9. The number of rotatable bonds is 5. The molecule has 0 spiro atoms. The van der Waals surface area contributed by atoms with Crippen LogP contribution in [-0.2, 0) is 6.54 Å². The number of benzene rings is 1. The van der Waals surface area contributed by atoms with E-state index in [2.05, 4.69) is 10.2 Å². The highest BCUT2D eigenvalue weighted by Gasteiger charge is 2.24. The molecule has 5 nitrogen and oxygen atoms in total. The number of nitro benzene ring substituents is 1. The van der Waals surface area contributed by atoms with Crippen LogP contribution in [0.5, 0.6) is 0 Å². The topological polar surface area (TPSA) is 58.4 Å². The monoisotopic (exact) mass is 319 g/mol. The third-order valence-electron chi connectivity index (χ3n) is 3.56. The van der Waals surface area contributed by atoms with Gasteiger partial charge in [-0.2, -0.15) is 0 Å². The molecule has 2 rings (SSSR count). The van der Waals surface area contributed by atoms with Gasteiger partial charge in [0.05, 0.1) is 9.95 Å². The maximum Gasteiger partial charge on any atom is 0.270 e. The van der Waals surface area contributed by atoms with Crippen LogP contribution in [0.1, 0.15) is 18.4 Å². The lowest BCUT2D eigenvalue weighted by Gasteiger charge is -2.24. The van der Waals surface area contributed by atoms with E-state index in [1.807, 2.05) is 7.05 Å². The standard InChI is InChI=1S/C13H18ClN3O2.ClH/c1-15-8-12-3-2-6-16(12)9-10-4-5-11(17(18)19)7-13(10)14;/h4-5,7,12,15H,2-3,6,8-9H2,1H3;1H. The van der Waals surface area contributed by atoms with E-state index in [9.17, 15) is 10.1 Å². The Morgan fingerprint density at radius 2 is 2.30 bits per heavy atom. The maximum atomic E-state index is 10.7. The van der Waals surface area contributed by atoms with E-state index in [-0.39, 0.29) is 18.1 Å². The Labute approximate surface area is 129 Å². The van der Waals surface area contributed by atoms with Gasteiger partial charge in [-0.1, -0.05) is 11.6 Å². The molecule has 0 bridgehead atoms. The molecule has 7 heteroatoms. The summed E-state index contributed by atoms with van der Waals surface area (Å²) in [7, 11) is 1.95. The summed E-state index contributed by atoms with van der Waals surface area (Å²) in [6.45, 7) is 2.77. The van der Waals surface area contributed by atoms with Crippen LogP contribution >= 0.6 is 24.0 Å². The van der Waals surface area contributed by atoms with E-state index < -0.39 is 4.92 Å².